The van der Waals surface area contributed by atoms with E-state index in [4.69, 9.17) is 10.5 Å². The molecule has 4 nitrogen and oxygen atoms in total. The highest BCUT2D eigenvalue weighted by atomic mass is 16.5. The van der Waals surface area contributed by atoms with Crippen LogP contribution in [0.25, 0.3) is 0 Å². The minimum Gasteiger partial charge on any atom is -0.383 e. The van der Waals surface area contributed by atoms with Crippen molar-refractivity contribution in [1.82, 2.24) is 9.88 Å². The van der Waals surface area contributed by atoms with Gasteiger partial charge in [-0.1, -0.05) is 13.0 Å². The molecule has 0 saturated carbocycles. The standard InChI is InChI=1S/C15H27N3O/c1-4-18(15(12-19-3)9-6-10-16)11-14-8-5-7-13(2)17-14/h5,7-8,15H,4,6,9-12,16H2,1-3H3. The molecule has 0 aliphatic rings. The van der Waals surface area contributed by atoms with Gasteiger partial charge in [0.15, 0.2) is 0 Å². The number of aryl methyl sites for hydroxylation is 1. The topological polar surface area (TPSA) is 51.4 Å². The predicted octanol–water partition coefficient (Wildman–Crippen LogP) is 1.97. The first-order chi connectivity index (χ1) is 9.21. The monoisotopic (exact) mass is 265 g/mol. The van der Waals surface area contributed by atoms with Crippen LogP contribution in [-0.4, -0.2) is 42.7 Å². The van der Waals surface area contributed by atoms with Gasteiger partial charge in [-0.2, -0.15) is 0 Å². The Hall–Kier alpha value is -0.970. The Balaban J connectivity index is 2.67. The first kappa shape index (κ1) is 16.1. The number of nitrogens with zero attached hydrogens (tertiary/aromatic N) is 2. The van der Waals surface area contributed by atoms with Crippen LogP contribution in [0.3, 0.4) is 0 Å². The number of rotatable bonds is 9. The lowest BCUT2D eigenvalue weighted by Gasteiger charge is -2.30. The predicted molar refractivity (Wildman–Crippen MR) is 79.0 cm³/mol. The molecule has 0 fully saturated rings. The molecule has 1 unspecified atom stereocenters. The second-order valence-electron chi connectivity index (χ2n) is 4.87. The number of aromatic nitrogens is 1. The summed E-state index contributed by atoms with van der Waals surface area (Å²) in [5.74, 6) is 0. The summed E-state index contributed by atoms with van der Waals surface area (Å²) < 4.78 is 5.34. The molecule has 1 atom stereocenters. The van der Waals surface area contributed by atoms with Gasteiger partial charge in [-0.15, -0.1) is 0 Å². The van der Waals surface area contributed by atoms with Gasteiger partial charge in [0.1, 0.15) is 0 Å². The molecule has 1 rings (SSSR count). The van der Waals surface area contributed by atoms with Crippen molar-refractivity contribution in [3.63, 3.8) is 0 Å². The maximum atomic E-state index is 5.62. The van der Waals surface area contributed by atoms with E-state index in [0.29, 0.717) is 6.04 Å². The number of hydrogen-bond donors (Lipinski definition) is 1. The van der Waals surface area contributed by atoms with E-state index in [1.54, 1.807) is 7.11 Å². The minimum atomic E-state index is 0.417. The summed E-state index contributed by atoms with van der Waals surface area (Å²) in [5.41, 5.74) is 7.80. The molecular formula is C15H27N3O. The molecule has 1 aromatic rings. The Morgan fingerprint density at radius 3 is 2.79 bits per heavy atom. The minimum absolute atomic E-state index is 0.417. The van der Waals surface area contributed by atoms with Crippen molar-refractivity contribution in [2.75, 3.05) is 26.8 Å². The van der Waals surface area contributed by atoms with E-state index in [1.165, 1.54) is 0 Å². The molecule has 1 aromatic heterocycles. The molecule has 1 heterocycles. The summed E-state index contributed by atoms with van der Waals surface area (Å²) in [6, 6.07) is 6.60. The molecule has 4 heteroatoms. The van der Waals surface area contributed by atoms with Gasteiger partial charge in [0, 0.05) is 25.4 Å². The van der Waals surface area contributed by atoms with Crippen molar-refractivity contribution in [1.29, 1.82) is 0 Å². The number of hydrogen-bond acceptors (Lipinski definition) is 4. The van der Waals surface area contributed by atoms with E-state index in [1.807, 2.05) is 13.0 Å². The maximum absolute atomic E-state index is 5.62. The second-order valence-corrected chi connectivity index (χ2v) is 4.87. The number of nitrogens with two attached hydrogens (primary N) is 1. The Morgan fingerprint density at radius 2 is 2.21 bits per heavy atom. The summed E-state index contributed by atoms with van der Waals surface area (Å²) in [6.07, 6.45) is 2.11. The maximum Gasteiger partial charge on any atom is 0.0618 e. The number of methoxy groups -OCH3 is 1. The fraction of sp³-hybridized carbons (Fsp3) is 0.667. The second kappa shape index (κ2) is 9.02. The van der Waals surface area contributed by atoms with Crippen molar-refractivity contribution < 1.29 is 4.74 Å². The molecular weight excluding hydrogens is 238 g/mol. The number of likely N-dealkylation sites (N-methyl/N-ethyl adjacent to an activating group) is 1. The van der Waals surface area contributed by atoms with E-state index < -0.39 is 0 Å². The van der Waals surface area contributed by atoms with Crippen LogP contribution >= 0.6 is 0 Å². The molecule has 0 aliphatic carbocycles. The normalized spacial score (nSPS) is 12.9. The molecule has 0 amide bonds. The van der Waals surface area contributed by atoms with Crippen molar-refractivity contribution in [2.45, 2.75) is 39.3 Å². The van der Waals surface area contributed by atoms with Gasteiger partial charge in [-0.3, -0.25) is 9.88 Å². The fourth-order valence-corrected chi connectivity index (χ4v) is 2.31. The third-order valence-corrected chi connectivity index (χ3v) is 3.33. The molecule has 108 valence electrons. The van der Waals surface area contributed by atoms with E-state index in [2.05, 4.69) is 28.9 Å². The van der Waals surface area contributed by atoms with Crippen LogP contribution in [0, 0.1) is 6.92 Å². The molecule has 0 radical (unpaired) electrons. The third kappa shape index (κ3) is 5.68. The molecule has 0 aliphatic heterocycles. The Bertz CT molecular complexity index is 357. The zero-order chi connectivity index (χ0) is 14.1. The number of ether oxygens (including phenoxy) is 1. The quantitative estimate of drug-likeness (QED) is 0.741. The highest BCUT2D eigenvalue weighted by molar-refractivity contribution is 5.09. The first-order valence-corrected chi connectivity index (χ1v) is 7.06. The van der Waals surface area contributed by atoms with Crippen LogP contribution in [0.1, 0.15) is 31.2 Å². The van der Waals surface area contributed by atoms with Crippen LogP contribution < -0.4 is 5.73 Å². The van der Waals surface area contributed by atoms with E-state index >= 15 is 0 Å². The molecule has 0 aromatic carbocycles. The molecule has 0 saturated heterocycles. The molecule has 2 N–H and O–H groups in total. The van der Waals surface area contributed by atoms with Crippen molar-refractivity contribution >= 4 is 0 Å². The van der Waals surface area contributed by atoms with Crippen LogP contribution in [0.2, 0.25) is 0 Å². The fourth-order valence-electron chi connectivity index (χ4n) is 2.31. The summed E-state index contributed by atoms with van der Waals surface area (Å²) in [7, 11) is 1.76. The van der Waals surface area contributed by atoms with Crippen LogP contribution in [-0.2, 0) is 11.3 Å². The van der Waals surface area contributed by atoms with Gasteiger partial charge in [-0.25, -0.2) is 0 Å². The summed E-state index contributed by atoms with van der Waals surface area (Å²) in [4.78, 5) is 6.99. The van der Waals surface area contributed by atoms with Gasteiger partial charge in [0.25, 0.3) is 0 Å². The SMILES string of the molecule is CCN(Cc1cccc(C)n1)C(CCCN)COC. The smallest absolute Gasteiger partial charge is 0.0618 e. The summed E-state index contributed by atoms with van der Waals surface area (Å²) >= 11 is 0. The zero-order valence-corrected chi connectivity index (χ0v) is 12.4. The highest BCUT2D eigenvalue weighted by Gasteiger charge is 2.17. The van der Waals surface area contributed by atoms with Crippen LogP contribution in [0.15, 0.2) is 18.2 Å². The Labute approximate surface area is 117 Å². The Morgan fingerprint density at radius 1 is 1.42 bits per heavy atom. The lowest BCUT2D eigenvalue weighted by Crippen LogP contribution is -2.38. The zero-order valence-electron chi connectivity index (χ0n) is 12.4. The van der Waals surface area contributed by atoms with Gasteiger partial charge >= 0.3 is 0 Å². The van der Waals surface area contributed by atoms with Crippen LogP contribution in [0.5, 0.6) is 0 Å². The van der Waals surface area contributed by atoms with E-state index in [-0.39, 0.29) is 0 Å². The van der Waals surface area contributed by atoms with Crippen LogP contribution in [0.4, 0.5) is 0 Å². The van der Waals surface area contributed by atoms with Gasteiger partial charge in [0.05, 0.1) is 12.3 Å². The van der Waals surface area contributed by atoms with Gasteiger partial charge in [-0.05, 0) is 45.0 Å². The lowest BCUT2D eigenvalue weighted by atomic mass is 10.1. The summed E-state index contributed by atoms with van der Waals surface area (Å²) in [5, 5.41) is 0. The van der Waals surface area contributed by atoms with Crippen molar-refractivity contribution in [3.05, 3.63) is 29.6 Å². The molecule has 0 bridgehead atoms. The average Bonchev–Trinajstić information content (AvgIpc) is 2.41. The molecule has 0 spiro atoms. The lowest BCUT2D eigenvalue weighted by molar-refractivity contribution is 0.0818. The third-order valence-electron chi connectivity index (χ3n) is 3.33. The van der Waals surface area contributed by atoms with Gasteiger partial charge in [0.2, 0.25) is 0 Å². The molecule has 19 heavy (non-hydrogen) atoms. The van der Waals surface area contributed by atoms with Crippen molar-refractivity contribution in [3.8, 4) is 0 Å². The van der Waals surface area contributed by atoms with Gasteiger partial charge < -0.3 is 10.5 Å². The largest absolute Gasteiger partial charge is 0.383 e. The van der Waals surface area contributed by atoms with E-state index in [0.717, 1.165) is 50.5 Å². The first-order valence-electron chi connectivity index (χ1n) is 7.06. The van der Waals surface area contributed by atoms with Crippen molar-refractivity contribution in [2.24, 2.45) is 5.73 Å². The number of pyridine rings is 1. The Kier molecular flexibility index (Phi) is 7.63. The summed E-state index contributed by atoms with van der Waals surface area (Å²) in [6.45, 7) is 7.56. The van der Waals surface area contributed by atoms with E-state index in [9.17, 15) is 0 Å². The highest BCUT2D eigenvalue weighted by Crippen LogP contribution is 2.12. The average molecular weight is 265 g/mol.